The van der Waals surface area contributed by atoms with Crippen molar-refractivity contribution in [3.63, 3.8) is 0 Å². The molecule has 126 valence electrons. The van der Waals surface area contributed by atoms with E-state index in [1.807, 2.05) is 0 Å². The first-order chi connectivity index (χ1) is 10.9. The van der Waals surface area contributed by atoms with E-state index in [0.717, 1.165) is 0 Å². The Bertz CT molecular complexity index is 590. The number of carbonyl (C=O) groups is 2. The molecule has 23 heavy (non-hydrogen) atoms. The molecule has 2 unspecified atom stereocenters. The Morgan fingerprint density at radius 1 is 1.13 bits per heavy atom. The third-order valence-electron chi connectivity index (χ3n) is 4.24. The fourth-order valence-corrected chi connectivity index (χ4v) is 2.93. The summed E-state index contributed by atoms with van der Waals surface area (Å²) in [6.45, 7) is 2.16. The van der Waals surface area contributed by atoms with Gasteiger partial charge in [0.2, 0.25) is 5.75 Å². The minimum atomic E-state index is -0.877. The zero-order valence-electron chi connectivity index (χ0n) is 13.7. The van der Waals surface area contributed by atoms with Gasteiger partial charge in [-0.15, -0.1) is 0 Å². The Morgan fingerprint density at radius 3 is 2.09 bits per heavy atom. The fourth-order valence-electron chi connectivity index (χ4n) is 2.93. The van der Waals surface area contributed by atoms with Gasteiger partial charge in [-0.3, -0.25) is 9.59 Å². The van der Waals surface area contributed by atoms with Gasteiger partial charge in [0.1, 0.15) is 0 Å². The van der Waals surface area contributed by atoms with E-state index in [-0.39, 0.29) is 11.9 Å². The van der Waals surface area contributed by atoms with Crippen molar-refractivity contribution in [1.82, 2.24) is 4.90 Å². The topological polar surface area (TPSA) is 85.3 Å². The second kappa shape index (κ2) is 6.76. The van der Waals surface area contributed by atoms with Crippen LogP contribution in [-0.2, 0) is 4.79 Å². The maximum Gasteiger partial charge on any atom is 0.308 e. The zero-order valence-corrected chi connectivity index (χ0v) is 13.7. The summed E-state index contributed by atoms with van der Waals surface area (Å²) in [6.07, 6.45) is 0.451. The highest BCUT2D eigenvalue weighted by Gasteiger charge is 2.38. The second-order valence-corrected chi connectivity index (χ2v) is 5.39. The Kier molecular flexibility index (Phi) is 4.98. The summed E-state index contributed by atoms with van der Waals surface area (Å²) in [7, 11) is 4.44. The molecule has 2 rings (SSSR count). The van der Waals surface area contributed by atoms with Gasteiger partial charge in [0.25, 0.3) is 5.91 Å². The number of hydrogen-bond acceptors (Lipinski definition) is 5. The summed E-state index contributed by atoms with van der Waals surface area (Å²) < 4.78 is 15.7. The van der Waals surface area contributed by atoms with Crippen LogP contribution in [0.4, 0.5) is 0 Å². The predicted molar refractivity (Wildman–Crippen MR) is 82.3 cm³/mol. The number of benzene rings is 1. The van der Waals surface area contributed by atoms with Crippen molar-refractivity contribution in [2.75, 3.05) is 27.9 Å². The summed E-state index contributed by atoms with van der Waals surface area (Å²) in [5.41, 5.74) is 0.373. The molecule has 1 amide bonds. The molecule has 2 atom stereocenters. The predicted octanol–water partition coefficient (Wildman–Crippen LogP) is 1.65. The molecule has 0 radical (unpaired) electrons. The number of aliphatic carboxylic acids is 1. The lowest BCUT2D eigenvalue weighted by atomic mass is 10.0. The van der Waals surface area contributed by atoms with Crippen molar-refractivity contribution in [3.8, 4) is 17.2 Å². The van der Waals surface area contributed by atoms with Gasteiger partial charge in [0.15, 0.2) is 11.5 Å². The van der Waals surface area contributed by atoms with Gasteiger partial charge in [0, 0.05) is 18.2 Å². The molecule has 1 aliphatic rings. The van der Waals surface area contributed by atoms with E-state index < -0.39 is 11.9 Å². The van der Waals surface area contributed by atoms with Gasteiger partial charge in [-0.1, -0.05) is 0 Å². The number of carboxylic acid groups (broad SMARTS) is 1. The summed E-state index contributed by atoms with van der Waals surface area (Å²) in [4.78, 5) is 25.5. The number of carboxylic acids is 1. The molecule has 7 heteroatoms. The lowest BCUT2D eigenvalue weighted by molar-refractivity contribution is -0.142. The van der Waals surface area contributed by atoms with Crippen LogP contribution in [0.3, 0.4) is 0 Å². The van der Waals surface area contributed by atoms with Gasteiger partial charge < -0.3 is 24.2 Å². The van der Waals surface area contributed by atoms with Crippen LogP contribution in [0.2, 0.25) is 0 Å². The SMILES string of the molecule is COc1cc(C(=O)N2CCC(C(=O)O)C2C)cc(OC)c1OC. The molecule has 0 saturated carbocycles. The molecule has 0 spiro atoms. The average molecular weight is 323 g/mol. The van der Waals surface area contributed by atoms with E-state index in [1.54, 1.807) is 24.0 Å². The molecule has 0 bridgehead atoms. The first-order valence-corrected chi connectivity index (χ1v) is 7.28. The Balaban J connectivity index is 2.35. The molecule has 1 fully saturated rings. The second-order valence-electron chi connectivity index (χ2n) is 5.39. The smallest absolute Gasteiger partial charge is 0.308 e. The number of carbonyl (C=O) groups excluding carboxylic acids is 1. The van der Waals surface area contributed by atoms with Crippen LogP contribution < -0.4 is 14.2 Å². The van der Waals surface area contributed by atoms with Crippen molar-refractivity contribution in [1.29, 1.82) is 0 Å². The Morgan fingerprint density at radius 2 is 1.70 bits per heavy atom. The molecular weight excluding hydrogens is 302 g/mol. The van der Waals surface area contributed by atoms with E-state index in [1.165, 1.54) is 21.3 Å². The van der Waals surface area contributed by atoms with Crippen molar-refractivity contribution < 1.29 is 28.9 Å². The van der Waals surface area contributed by atoms with Crippen LogP contribution >= 0.6 is 0 Å². The molecule has 1 aromatic rings. The van der Waals surface area contributed by atoms with Crippen LogP contribution in [0.1, 0.15) is 23.7 Å². The summed E-state index contributed by atoms with van der Waals surface area (Å²) >= 11 is 0. The minimum absolute atomic E-state index is 0.250. The third-order valence-corrected chi connectivity index (χ3v) is 4.24. The number of methoxy groups -OCH3 is 3. The van der Waals surface area contributed by atoms with Gasteiger partial charge in [-0.05, 0) is 25.5 Å². The van der Waals surface area contributed by atoms with E-state index in [4.69, 9.17) is 14.2 Å². The number of ether oxygens (including phenoxy) is 3. The third kappa shape index (κ3) is 3.04. The maximum absolute atomic E-state index is 12.7. The fraction of sp³-hybridized carbons (Fsp3) is 0.500. The highest BCUT2D eigenvalue weighted by molar-refractivity contribution is 5.96. The van der Waals surface area contributed by atoms with Crippen LogP contribution in [0.15, 0.2) is 12.1 Å². The number of amides is 1. The largest absolute Gasteiger partial charge is 0.493 e. The molecule has 7 nitrogen and oxygen atoms in total. The molecule has 1 saturated heterocycles. The Hall–Kier alpha value is -2.44. The monoisotopic (exact) mass is 323 g/mol. The number of rotatable bonds is 5. The van der Waals surface area contributed by atoms with E-state index in [0.29, 0.717) is 35.8 Å². The molecule has 1 aliphatic heterocycles. The number of nitrogens with zero attached hydrogens (tertiary/aromatic N) is 1. The van der Waals surface area contributed by atoms with E-state index in [2.05, 4.69) is 0 Å². The van der Waals surface area contributed by atoms with Crippen LogP contribution in [0, 0.1) is 5.92 Å². The average Bonchev–Trinajstić information content (AvgIpc) is 2.94. The number of hydrogen-bond donors (Lipinski definition) is 1. The van der Waals surface area contributed by atoms with E-state index in [9.17, 15) is 14.7 Å². The quantitative estimate of drug-likeness (QED) is 0.887. The van der Waals surface area contributed by atoms with Crippen molar-refractivity contribution >= 4 is 11.9 Å². The molecule has 0 aliphatic carbocycles. The first-order valence-electron chi connectivity index (χ1n) is 7.28. The van der Waals surface area contributed by atoms with Crippen LogP contribution in [-0.4, -0.2) is 55.8 Å². The zero-order chi connectivity index (χ0) is 17.1. The minimum Gasteiger partial charge on any atom is -0.493 e. The molecule has 1 heterocycles. The first kappa shape index (κ1) is 16.9. The van der Waals surface area contributed by atoms with Crippen molar-refractivity contribution in [3.05, 3.63) is 17.7 Å². The van der Waals surface area contributed by atoms with Gasteiger partial charge in [0.05, 0.1) is 27.2 Å². The normalized spacial score (nSPS) is 20.3. The van der Waals surface area contributed by atoms with Gasteiger partial charge >= 0.3 is 5.97 Å². The Labute approximate surface area is 134 Å². The molecule has 1 N–H and O–H groups in total. The van der Waals surface area contributed by atoms with Crippen molar-refractivity contribution in [2.24, 2.45) is 5.92 Å². The highest BCUT2D eigenvalue weighted by Crippen LogP contribution is 2.39. The lowest BCUT2D eigenvalue weighted by Crippen LogP contribution is -2.37. The summed E-state index contributed by atoms with van der Waals surface area (Å²) in [6, 6.07) is 2.79. The van der Waals surface area contributed by atoms with Crippen LogP contribution in [0.5, 0.6) is 17.2 Å². The standard InChI is InChI=1S/C16H21NO6/c1-9-11(16(19)20)5-6-17(9)15(18)10-7-12(21-2)14(23-4)13(8-10)22-3/h7-9,11H,5-6H2,1-4H3,(H,19,20). The molecule has 0 aromatic heterocycles. The van der Waals surface area contributed by atoms with Crippen LogP contribution in [0.25, 0.3) is 0 Å². The molecule has 1 aromatic carbocycles. The summed E-state index contributed by atoms with van der Waals surface area (Å²) in [5.74, 6) is -0.489. The highest BCUT2D eigenvalue weighted by atomic mass is 16.5. The maximum atomic E-state index is 12.7. The van der Waals surface area contributed by atoms with Gasteiger partial charge in [-0.2, -0.15) is 0 Å². The van der Waals surface area contributed by atoms with Crippen molar-refractivity contribution in [2.45, 2.75) is 19.4 Å². The summed E-state index contributed by atoms with van der Waals surface area (Å²) in [5, 5.41) is 9.19. The number of likely N-dealkylation sites (tertiary alicyclic amines) is 1. The van der Waals surface area contributed by atoms with Gasteiger partial charge in [-0.25, -0.2) is 0 Å². The molecular formula is C16H21NO6. The lowest BCUT2D eigenvalue weighted by Gasteiger charge is -2.24. The van der Waals surface area contributed by atoms with E-state index >= 15 is 0 Å².